The van der Waals surface area contributed by atoms with E-state index in [1.54, 1.807) is 27.8 Å². The van der Waals surface area contributed by atoms with Crippen molar-refractivity contribution in [2.24, 2.45) is 7.05 Å². The number of carboxylic acid groups (broad SMARTS) is 1. The van der Waals surface area contributed by atoms with E-state index in [0.29, 0.717) is 16.8 Å². The number of carboxylic acids is 1. The Kier molecular flexibility index (Phi) is 8.15. The number of benzene rings is 1. The number of hydrogen-bond acceptors (Lipinski definition) is 7. The Morgan fingerprint density at radius 2 is 2.03 bits per heavy atom. The second kappa shape index (κ2) is 11.1. The summed E-state index contributed by atoms with van der Waals surface area (Å²) in [6.07, 6.45) is -0.855. The minimum Gasteiger partial charge on any atom is -0.479 e. The predicted octanol–water partition coefficient (Wildman–Crippen LogP) is 4.57. The molecule has 0 spiro atoms. The summed E-state index contributed by atoms with van der Waals surface area (Å²) in [4.78, 5) is 31.3. The monoisotopic (exact) mass is 528 g/mol. The summed E-state index contributed by atoms with van der Waals surface area (Å²) in [5.74, 6) is -2.32. The molecular formula is C25H26F2N6O5. The Balaban J connectivity index is 2.00. The molecule has 3 rings (SSSR count). The molecule has 11 nitrogen and oxygen atoms in total. The zero-order valence-corrected chi connectivity index (χ0v) is 21.1. The number of ether oxygens (including phenoxy) is 2. The summed E-state index contributed by atoms with van der Waals surface area (Å²) < 4.78 is 40.1. The minimum absolute atomic E-state index is 0.0907. The summed E-state index contributed by atoms with van der Waals surface area (Å²) in [6, 6.07) is 4.21. The Labute approximate surface area is 217 Å². The first kappa shape index (κ1) is 27.9. The van der Waals surface area contributed by atoms with Crippen LogP contribution < -0.4 is 15.8 Å². The van der Waals surface area contributed by atoms with Gasteiger partial charge >= 0.3 is 12.1 Å². The number of nitrogens with two attached hydrogens (primary N) is 1. The molecule has 2 aromatic heterocycles. The third-order valence-electron chi connectivity index (χ3n) is 5.17. The molecule has 1 aromatic carbocycles. The van der Waals surface area contributed by atoms with Gasteiger partial charge in [0.2, 0.25) is 0 Å². The van der Waals surface area contributed by atoms with Crippen molar-refractivity contribution in [3.05, 3.63) is 64.5 Å². The van der Waals surface area contributed by atoms with Crippen LogP contribution in [-0.2, 0) is 18.3 Å². The van der Waals surface area contributed by atoms with Crippen LogP contribution in [0.5, 0.6) is 5.75 Å². The number of aromatic nitrogens is 3. The van der Waals surface area contributed by atoms with Crippen LogP contribution in [0.25, 0.3) is 16.0 Å². The highest BCUT2D eigenvalue weighted by atomic mass is 19.1. The molecule has 2 heterocycles. The topological polar surface area (TPSA) is 146 Å². The Morgan fingerprint density at radius 1 is 1.32 bits per heavy atom. The highest BCUT2D eigenvalue weighted by Crippen LogP contribution is 2.37. The number of carbonyl (C=O) groups is 2. The molecule has 0 aliphatic carbocycles. The van der Waals surface area contributed by atoms with Gasteiger partial charge in [0.1, 0.15) is 23.8 Å². The van der Waals surface area contributed by atoms with Crippen LogP contribution in [0, 0.1) is 12.4 Å². The van der Waals surface area contributed by atoms with E-state index in [9.17, 15) is 23.5 Å². The van der Waals surface area contributed by atoms with Crippen molar-refractivity contribution in [3.63, 3.8) is 0 Å². The van der Waals surface area contributed by atoms with Crippen molar-refractivity contribution in [2.45, 2.75) is 39.0 Å². The van der Waals surface area contributed by atoms with Gasteiger partial charge in [-0.25, -0.2) is 28.0 Å². The number of amides is 1. The molecule has 0 saturated carbocycles. The van der Waals surface area contributed by atoms with Gasteiger partial charge in [0.05, 0.1) is 19.2 Å². The SMILES string of the molecule is [C-]#[N+]c1c(-c2cnc(N)c(OC(CF)c3cc(F)ccc3C(=O)O)c2)c(CNC(=O)OC(C)(C)C)nn1C. The molecule has 1 atom stereocenters. The fraction of sp³-hybridized carbons (Fsp3) is 0.320. The van der Waals surface area contributed by atoms with Gasteiger partial charge in [-0.3, -0.25) is 0 Å². The van der Waals surface area contributed by atoms with E-state index in [1.807, 2.05) is 0 Å². The molecule has 1 amide bonds. The third-order valence-corrected chi connectivity index (χ3v) is 5.17. The van der Waals surface area contributed by atoms with Crippen molar-refractivity contribution in [1.82, 2.24) is 20.1 Å². The number of pyridine rings is 1. The van der Waals surface area contributed by atoms with E-state index >= 15 is 0 Å². The second-order valence-electron chi connectivity index (χ2n) is 9.14. The number of rotatable bonds is 8. The zero-order chi connectivity index (χ0) is 28.2. The summed E-state index contributed by atoms with van der Waals surface area (Å²) in [5, 5.41) is 16.3. The van der Waals surface area contributed by atoms with E-state index in [2.05, 4.69) is 20.2 Å². The van der Waals surface area contributed by atoms with E-state index in [1.165, 1.54) is 16.9 Å². The van der Waals surface area contributed by atoms with Crippen LogP contribution in [0.1, 0.15) is 48.5 Å². The van der Waals surface area contributed by atoms with Gasteiger partial charge in [-0.2, -0.15) is 0 Å². The van der Waals surface area contributed by atoms with Gasteiger partial charge in [0, 0.05) is 17.3 Å². The molecule has 1 unspecified atom stereocenters. The van der Waals surface area contributed by atoms with Gasteiger partial charge in [0.15, 0.2) is 17.7 Å². The highest BCUT2D eigenvalue weighted by molar-refractivity contribution is 5.89. The van der Waals surface area contributed by atoms with Gasteiger partial charge in [-0.05, 0) is 50.6 Å². The first-order valence-electron chi connectivity index (χ1n) is 11.3. The van der Waals surface area contributed by atoms with E-state index in [-0.39, 0.29) is 35.1 Å². The van der Waals surface area contributed by atoms with Crippen molar-refractivity contribution >= 4 is 23.7 Å². The second-order valence-corrected chi connectivity index (χ2v) is 9.14. The Morgan fingerprint density at radius 3 is 2.63 bits per heavy atom. The minimum atomic E-state index is -1.52. The largest absolute Gasteiger partial charge is 0.479 e. The molecule has 4 N–H and O–H groups in total. The number of nitrogens with zero attached hydrogens (tertiary/aromatic N) is 4. The fourth-order valence-corrected chi connectivity index (χ4v) is 3.60. The molecule has 200 valence electrons. The number of aromatic carboxylic acids is 1. The number of nitrogen functional groups attached to an aromatic ring is 1. The summed E-state index contributed by atoms with van der Waals surface area (Å²) >= 11 is 0. The van der Waals surface area contributed by atoms with Crippen molar-refractivity contribution in [1.29, 1.82) is 0 Å². The number of anilines is 1. The fourth-order valence-electron chi connectivity index (χ4n) is 3.60. The number of nitrogens with one attached hydrogen (secondary N) is 1. The molecule has 0 bridgehead atoms. The molecule has 0 fully saturated rings. The quantitative estimate of drug-likeness (QED) is 0.361. The summed E-state index contributed by atoms with van der Waals surface area (Å²) in [7, 11) is 1.55. The lowest BCUT2D eigenvalue weighted by Gasteiger charge is -2.20. The van der Waals surface area contributed by atoms with Gasteiger partial charge < -0.3 is 30.5 Å². The predicted molar refractivity (Wildman–Crippen MR) is 133 cm³/mol. The number of aryl methyl sites for hydroxylation is 1. The molecule has 0 aliphatic rings. The first-order valence-corrected chi connectivity index (χ1v) is 11.3. The summed E-state index contributed by atoms with van der Waals surface area (Å²) in [6.45, 7) is 11.4. The van der Waals surface area contributed by atoms with Crippen molar-refractivity contribution in [3.8, 4) is 16.9 Å². The first-order chi connectivity index (χ1) is 17.8. The third kappa shape index (κ3) is 6.33. The van der Waals surface area contributed by atoms with E-state index in [0.717, 1.165) is 18.2 Å². The number of carbonyl (C=O) groups excluding carboxylic acids is 1. The standard InChI is InChI=1S/C25H26F2N6O5/c1-25(2,3)38-24(36)31-12-17-20(22(29-4)33(5)32-17)13-8-18(21(28)30-11-13)37-19(10-26)16-9-14(27)6-7-15(16)23(34)35/h6-9,11,19H,10,12H2,1-3,5H3,(H2,28,30)(H,31,36)(H,34,35). The molecule has 38 heavy (non-hydrogen) atoms. The summed E-state index contributed by atoms with van der Waals surface area (Å²) in [5.41, 5.74) is 5.58. The van der Waals surface area contributed by atoms with Crippen molar-refractivity contribution < 1.29 is 33.0 Å². The zero-order valence-electron chi connectivity index (χ0n) is 21.1. The Bertz CT molecular complexity index is 1410. The highest BCUT2D eigenvalue weighted by Gasteiger charge is 2.25. The van der Waals surface area contributed by atoms with Gasteiger partial charge in [-0.15, -0.1) is 5.10 Å². The van der Waals surface area contributed by atoms with Gasteiger partial charge in [-0.1, -0.05) is 6.57 Å². The lowest BCUT2D eigenvalue weighted by atomic mass is 10.0. The lowest BCUT2D eigenvalue weighted by Crippen LogP contribution is -2.32. The number of alkyl carbamates (subject to hydrolysis) is 1. The number of halogens is 2. The molecule has 13 heteroatoms. The maximum Gasteiger partial charge on any atom is 0.407 e. The molecule has 3 aromatic rings. The molecule has 0 saturated heterocycles. The van der Waals surface area contributed by atoms with Crippen LogP contribution >= 0.6 is 0 Å². The Hall–Kier alpha value is -4.73. The van der Waals surface area contributed by atoms with Crippen LogP contribution in [0.15, 0.2) is 30.5 Å². The van der Waals surface area contributed by atoms with Crippen molar-refractivity contribution in [2.75, 3.05) is 12.4 Å². The molecule has 0 aliphatic heterocycles. The van der Waals surface area contributed by atoms with Crippen LogP contribution in [0.4, 0.5) is 25.2 Å². The normalized spacial score (nSPS) is 11.9. The number of alkyl halides is 1. The smallest absolute Gasteiger partial charge is 0.407 e. The maximum absolute atomic E-state index is 14.0. The average Bonchev–Trinajstić information content (AvgIpc) is 3.15. The maximum atomic E-state index is 14.0. The average molecular weight is 529 g/mol. The molecular weight excluding hydrogens is 502 g/mol. The van der Waals surface area contributed by atoms with Crippen LogP contribution in [0.2, 0.25) is 0 Å². The molecule has 0 radical (unpaired) electrons. The van der Waals surface area contributed by atoms with Gasteiger partial charge in [0.25, 0.3) is 5.82 Å². The number of hydrogen-bond donors (Lipinski definition) is 3. The lowest BCUT2D eigenvalue weighted by molar-refractivity contribution is 0.0522. The van der Waals surface area contributed by atoms with Crippen LogP contribution in [0.3, 0.4) is 0 Å². The van der Waals surface area contributed by atoms with Crippen LogP contribution in [-0.4, -0.2) is 44.2 Å². The van der Waals surface area contributed by atoms with E-state index in [4.69, 9.17) is 21.8 Å². The van der Waals surface area contributed by atoms with E-state index < -0.39 is 36.3 Å².